The quantitative estimate of drug-likeness (QED) is 0.440. The van der Waals surface area contributed by atoms with Gasteiger partial charge in [0.15, 0.2) is 0 Å². The molecule has 1 fully saturated rings. The first kappa shape index (κ1) is 7.32. The zero-order valence-electron chi connectivity index (χ0n) is 6.01. The molecule has 0 N–H and O–H groups in total. The third kappa shape index (κ3) is 1.87. The van der Waals surface area contributed by atoms with Gasteiger partial charge in [-0.05, 0) is 19.3 Å². The molecule has 2 heteroatoms. The maximum absolute atomic E-state index is 10.6. The largest absolute Gasteiger partial charge is 0.462 e. The number of carbonyl (C=O) groups excluding carboxylic acids is 1. The topological polar surface area (TPSA) is 26.3 Å². The van der Waals surface area contributed by atoms with Gasteiger partial charge in [-0.1, -0.05) is 6.08 Å². The maximum Gasteiger partial charge on any atom is 0.306 e. The molecule has 0 amide bonds. The van der Waals surface area contributed by atoms with Crippen molar-refractivity contribution < 1.29 is 9.53 Å². The maximum atomic E-state index is 10.6. The van der Waals surface area contributed by atoms with E-state index >= 15 is 0 Å². The summed E-state index contributed by atoms with van der Waals surface area (Å²) in [6.07, 6.45) is 5.40. The van der Waals surface area contributed by atoms with Crippen LogP contribution in [0.3, 0.4) is 0 Å². The van der Waals surface area contributed by atoms with Gasteiger partial charge in [0, 0.05) is 6.42 Å². The van der Waals surface area contributed by atoms with E-state index in [4.69, 9.17) is 4.74 Å². The standard InChI is InChI=1S/C8H12O2/c1-2-3-4-7-5-6-8(9)10-7/h2,7H,1,3-6H2/t7-/m0/s1. The fraction of sp³-hybridized carbons (Fsp3) is 0.625. The van der Waals surface area contributed by atoms with Gasteiger partial charge in [-0.25, -0.2) is 0 Å². The van der Waals surface area contributed by atoms with Gasteiger partial charge in [0.1, 0.15) is 6.10 Å². The number of esters is 1. The van der Waals surface area contributed by atoms with Gasteiger partial charge in [0.2, 0.25) is 0 Å². The van der Waals surface area contributed by atoms with Crippen LogP contribution in [0.25, 0.3) is 0 Å². The molecule has 0 unspecified atom stereocenters. The first-order valence-electron chi connectivity index (χ1n) is 3.63. The molecule has 2 nitrogen and oxygen atoms in total. The summed E-state index contributed by atoms with van der Waals surface area (Å²) in [4.78, 5) is 10.6. The van der Waals surface area contributed by atoms with Crippen LogP contribution >= 0.6 is 0 Å². The molecule has 1 rings (SSSR count). The summed E-state index contributed by atoms with van der Waals surface area (Å²) < 4.78 is 4.98. The molecule has 0 saturated carbocycles. The van der Waals surface area contributed by atoms with Gasteiger partial charge < -0.3 is 4.74 Å². The smallest absolute Gasteiger partial charge is 0.306 e. The van der Waals surface area contributed by atoms with Crippen LogP contribution in [-0.2, 0) is 9.53 Å². The summed E-state index contributed by atoms with van der Waals surface area (Å²) in [6.45, 7) is 3.60. The first-order chi connectivity index (χ1) is 4.83. The second-order valence-corrected chi connectivity index (χ2v) is 2.52. The minimum absolute atomic E-state index is 0.0472. The molecular weight excluding hydrogens is 128 g/mol. The number of allylic oxidation sites excluding steroid dienone is 1. The Bertz CT molecular complexity index is 140. The fourth-order valence-electron chi connectivity index (χ4n) is 1.09. The van der Waals surface area contributed by atoms with E-state index in [9.17, 15) is 4.79 Å². The Hall–Kier alpha value is -0.790. The summed E-state index contributed by atoms with van der Waals surface area (Å²) in [5.41, 5.74) is 0. The Kier molecular flexibility index (Phi) is 2.49. The van der Waals surface area contributed by atoms with Crippen molar-refractivity contribution in [1.82, 2.24) is 0 Å². The highest BCUT2D eigenvalue weighted by molar-refractivity contribution is 5.71. The predicted octanol–water partition coefficient (Wildman–Crippen LogP) is 1.66. The monoisotopic (exact) mass is 140 g/mol. The normalized spacial score (nSPS) is 24.4. The van der Waals surface area contributed by atoms with Crippen molar-refractivity contribution in [1.29, 1.82) is 0 Å². The van der Waals surface area contributed by atoms with E-state index in [2.05, 4.69) is 6.58 Å². The van der Waals surface area contributed by atoms with Crippen LogP contribution in [0.1, 0.15) is 25.7 Å². The summed E-state index contributed by atoms with van der Waals surface area (Å²) in [5.74, 6) is -0.0472. The highest BCUT2D eigenvalue weighted by Crippen LogP contribution is 2.17. The van der Waals surface area contributed by atoms with Crippen molar-refractivity contribution in [2.45, 2.75) is 31.8 Å². The number of cyclic esters (lactones) is 1. The Morgan fingerprint density at radius 3 is 3.10 bits per heavy atom. The van der Waals surface area contributed by atoms with Gasteiger partial charge in [-0.2, -0.15) is 0 Å². The van der Waals surface area contributed by atoms with Crippen LogP contribution < -0.4 is 0 Å². The lowest BCUT2D eigenvalue weighted by atomic mass is 10.1. The van der Waals surface area contributed by atoms with E-state index in [1.807, 2.05) is 6.08 Å². The van der Waals surface area contributed by atoms with E-state index in [0.717, 1.165) is 19.3 Å². The van der Waals surface area contributed by atoms with Crippen LogP contribution in [-0.4, -0.2) is 12.1 Å². The van der Waals surface area contributed by atoms with E-state index < -0.39 is 0 Å². The van der Waals surface area contributed by atoms with Crippen molar-refractivity contribution in [2.24, 2.45) is 0 Å². The Labute approximate surface area is 60.9 Å². The van der Waals surface area contributed by atoms with Crippen LogP contribution in [0.5, 0.6) is 0 Å². The SMILES string of the molecule is C=CCC[C@H]1CCC(=O)O1. The minimum atomic E-state index is -0.0472. The third-order valence-electron chi connectivity index (χ3n) is 1.66. The van der Waals surface area contributed by atoms with Crippen molar-refractivity contribution in [3.05, 3.63) is 12.7 Å². The van der Waals surface area contributed by atoms with Crippen LogP contribution in [0.2, 0.25) is 0 Å². The zero-order chi connectivity index (χ0) is 7.40. The van der Waals surface area contributed by atoms with Gasteiger partial charge in [-0.15, -0.1) is 6.58 Å². The Morgan fingerprint density at radius 2 is 2.60 bits per heavy atom. The van der Waals surface area contributed by atoms with Crippen molar-refractivity contribution in [3.8, 4) is 0 Å². The van der Waals surface area contributed by atoms with Crippen LogP contribution in [0.15, 0.2) is 12.7 Å². The average Bonchev–Trinajstić information content (AvgIpc) is 2.31. The van der Waals surface area contributed by atoms with Crippen molar-refractivity contribution >= 4 is 5.97 Å². The number of hydrogen-bond donors (Lipinski definition) is 0. The summed E-state index contributed by atoms with van der Waals surface area (Å²) in [7, 11) is 0. The molecule has 0 bridgehead atoms. The van der Waals surface area contributed by atoms with Gasteiger partial charge in [-0.3, -0.25) is 4.79 Å². The zero-order valence-corrected chi connectivity index (χ0v) is 6.01. The lowest BCUT2D eigenvalue weighted by molar-refractivity contribution is -0.141. The Morgan fingerprint density at radius 1 is 1.80 bits per heavy atom. The lowest BCUT2D eigenvalue weighted by Crippen LogP contribution is -2.05. The fourth-order valence-corrected chi connectivity index (χ4v) is 1.09. The number of ether oxygens (including phenoxy) is 1. The number of hydrogen-bond acceptors (Lipinski definition) is 2. The van der Waals surface area contributed by atoms with Crippen molar-refractivity contribution in [2.75, 3.05) is 0 Å². The summed E-state index contributed by atoms with van der Waals surface area (Å²) in [6, 6.07) is 0. The molecule has 0 spiro atoms. The first-order valence-corrected chi connectivity index (χ1v) is 3.63. The second kappa shape index (κ2) is 3.40. The highest BCUT2D eigenvalue weighted by atomic mass is 16.5. The molecule has 10 heavy (non-hydrogen) atoms. The molecule has 1 atom stereocenters. The van der Waals surface area contributed by atoms with Crippen LogP contribution in [0.4, 0.5) is 0 Å². The van der Waals surface area contributed by atoms with Gasteiger partial charge >= 0.3 is 5.97 Å². The number of rotatable bonds is 3. The van der Waals surface area contributed by atoms with E-state index in [1.165, 1.54) is 0 Å². The molecule has 56 valence electrons. The highest BCUT2D eigenvalue weighted by Gasteiger charge is 2.21. The lowest BCUT2D eigenvalue weighted by Gasteiger charge is -2.05. The molecule has 1 heterocycles. The average molecular weight is 140 g/mol. The molecule has 1 aliphatic rings. The van der Waals surface area contributed by atoms with Crippen LogP contribution in [0, 0.1) is 0 Å². The molecule has 0 aliphatic carbocycles. The molecule has 0 radical (unpaired) electrons. The molecule has 0 aromatic carbocycles. The molecule has 1 aliphatic heterocycles. The van der Waals surface area contributed by atoms with E-state index in [1.54, 1.807) is 0 Å². The third-order valence-corrected chi connectivity index (χ3v) is 1.66. The Balaban J connectivity index is 2.18. The minimum Gasteiger partial charge on any atom is -0.462 e. The molecular formula is C8H12O2. The molecule has 1 saturated heterocycles. The van der Waals surface area contributed by atoms with Gasteiger partial charge in [0.25, 0.3) is 0 Å². The summed E-state index contributed by atoms with van der Waals surface area (Å²) >= 11 is 0. The molecule has 0 aromatic rings. The van der Waals surface area contributed by atoms with Gasteiger partial charge in [0.05, 0.1) is 0 Å². The second-order valence-electron chi connectivity index (χ2n) is 2.52. The molecule has 0 aromatic heterocycles. The van der Waals surface area contributed by atoms with Crippen molar-refractivity contribution in [3.63, 3.8) is 0 Å². The van der Waals surface area contributed by atoms with E-state index in [0.29, 0.717) is 6.42 Å². The number of carbonyl (C=O) groups is 1. The van der Waals surface area contributed by atoms with E-state index in [-0.39, 0.29) is 12.1 Å². The summed E-state index contributed by atoms with van der Waals surface area (Å²) in [5, 5.41) is 0. The predicted molar refractivity (Wildman–Crippen MR) is 38.5 cm³/mol.